The van der Waals surface area contributed by atoms with Crippen LogP contribution in [0.3, 0.4) is 0 Å². The van der Waals surface area contributed by atoms with Gasteiger partial charge in [-0.2, -0.15) is 0 Å². The smallest absolute Gasteiger partial charge is 0.792 e. The molecule has 0 saturated heterocycles. The molecule has 0 atom stereocenters. The minimum atomic E-state index is 0. The number of rotatable bonds is 1. The number of nitrogens with zero attached hydrogens (tertiary/aromatic N) is 2. The summed E-state index contributed by atoms with van der Waals surface area (Å²) in [5, 5.41) is 24.2. The van der Waals surface area contributed by atoms with Gasteiger partial charge in [0.2, 0.25) is 0 Å². The van der Waals surface area contributed by atoms with Crippen LogP contribution in [0.4, 0.5) is 0 Å². The van der Waals surface area contributed by atoms with Crippen LogP contribution in [-0.4, -0.2) is 16.9 Å². The average molecular weight is 178 g/mol. The van der Waals surface area contributed by atoms with Crippen LogP contribution in [-0.2, 0) is 0 Å². The van der Waals surface area contributed by atoms with Gasteiger partial charge in [0.25, 0.3) is 0 Å². The van der Waals surface area contributed by atoms with Crippen molar-refractivity contribution in [3.05, 3.63) is 10.4 Å². The fourth-order valence-electron chi connectivity index (χ4n) is 0.132. The molecule has 0 aromatic heterocycles. The Morgan fingerprint density at radius 3 is 1.18 bits per heavy atom. The molecule has 0 saturated carbocycles. The van der Waals surface area contributed by atoms with E-state index in [0.29, 0.717) is 0 Å². The van der Waals surface area contributed by atoms with E-state index < -0.39 is 0 Å². The molecule has 0 unspecified atom stereocenters. The predicted octanol–water partition coefficient (Wildman–Crippen LogP) is -5.91. The molecule has 0 bridgehead atoms. The minimum Gasteiger partial charge on any atom is -0.792 e. The Morgan fingerprint density at radius 1 is 0.909 bits per heavy atom. The molecular formula is C4H8N2Na2O3. The van der Waals surface area contributed by atoms with Crippen LogP contribution >= 0.6 is 0 Å². The van der Waals surface area contributed by atoms with Gasteiger partial charge in [0.15, 0.2) is 0 Å². The van der Waals surface area contributed by atoms with Crippen molar-refractivity contribution in [2.24, 2.45) is 10.3 Å². The summed E-state index contributed by atoms with van der Waals surface area (Å²) in [6, 6.07) is 0. The van der Waals surface area contributed by atoms with E-state index in [-0.39, 0.29) is 76.0 Å². The maximum Gasteiger partial charge on any atom is 1.00 e. The van der Waals surface area contributed by atoms with E-state index in [0.717, 1.165) is 0 Å². The summed E-state index contributed by atoms with van der Waals surface area (Å²) < 4.78 is 0. The predicted molar refractivity (Wildman–Crippen MR) is 36.6 cm³/mol. The van der Waals surface area contributed by atoms with Crippen molar-refractivity contribution in [1.29, 1.82) is 0 Å². The molecule has 0 aromatic rings. The first-order valence-electron chi connectivity index (χ1n) is 2.06. The van der Waals surface area contributed by atoms with Crippen molar-refractivity contribution in [1.82, 2.24) is 0 Å². The number of hydrogen-bond donors (Lipinski definition) is 0. The number of hydrogen-bond acceptors (Lipinski definition) is 4. The van der Waals surface area contributed by atoms with Gasteiger partial charge in [-0.25, -0.2) is 0 Å². The van der Waals surface area contributed by atoms with E-state index in [4.69, 9.17) is 0 Å². The van der Waals surface area contributed by atoms with Gasteiger partial charge in [0.05, 0.1) is 0 Å². The second kappa shape index (κ2) is 13.5. The molecule has 2 N–H and O–H groups in total. The normalized spacial score (nSPS) is 10.4. The summed E-state index contributed by atoms with van der Waals surface area (Å²) in [5.74, 6) is 0. The molecule has 11 heavy (non-hydrogen) atoms. The van der Waals surface area contributed by atoms with E-state index in [1.54, 1.807) is 0 Å². The first-order valence-corrected chi connectivity index (χ1v) is 2.06. The van der Waals surface area contributed by atoms with Crippen LogP contribution in [0.5, 0.6) is 0 Å². The molecule has 0 aliphatic heterocycles. The van der Waals surface area contributed by atoms with Crippen LogP contribution in [0.25, 0.3) is 0 Å². The van der Waals surface area contributed by atoms with E-state index >= 15 is 0 Å². The summed E-state index contributed by atoms with van der Waals surface area (Å²) >= 11 is 0. The Morgan fingerprint density at radius 2 is 1.09 bits per heavy atom. The molecule has 0 aromatic carbocycles. The van der Waals surface area contributed by atoms with Crippen LogP contribution in [0.1, 0.15) is 13.8 Å². The maximum atomic E-state index is 9.60. The minimum absolute atomic E-state index is 0. The van der Waals surface area contributed by atoms with E-state index in [1.807, 2.05) is 0 Å². The average Bonchev–Trinajstić information content (AvgIpc) is 1.84. The molecule has 0 heterocycles. The quantitative estimate of drug-likeness (QED) is 0.227. The van der Waals surface area contributed by atoms with Gasteiger partial charge in [0.1, 0.15) is 0 Å². The van der Waals surface area contributed by atoms with Gasteiger partial charge in [-0.15, -0.1) is 0 Å². The van der Waals surface area contributed by atoms with E-state index in [2.05, 4.69) is 10.3 Å². The zero-order chi connectivity index (χ0) is 6.57. The van der Waals surface area contributed by atoms with Gasteiger partial charge >= 0.3 is 59.1 Å². The van der Waals surface area contributed by atoms with Crippen molar-refractivity contribution < 1.29 is 64.6 Å². The SMILES string of the molecule is CC(=N\[O-])/C(C)=N/[O-].O.[Na+].[Na+]. The molecule has 0 spiro atoms. The van der Waals surface area contributed by atoms with Gasteiger partial charge in [-0.05, 0) is 13.8 Å². The molecule has 0 aliphatic rings. The maximum absolute atomic E-state index is 9.60. The molecule has 0 rings (SSSR count). The van der Waals surface area contributed by atoms with Crippen molar-refractivity contribution in [3.63, 3.8) is 0 Å². The molecular weight excluding hydrogens is 170 g/mol. The molecule has 0 aliphatic carbocycles. The standard InChI is InChI=1S/C4H8N2O2.2Na.H2O/c1-3(5-7)4(2)6-8;;;/h7-8H,1-2H3;;;1H2/q;2*+1;/p-2/b5-3+,6-4+;;;. The summed E-state index contributed by atoms with van der Waals surface area (Å²) in [7, 11) is 0. The van der Waals surface area contributed by atoms with Crippen molar-refractivity contribution in [2.75, 3.05) is 0 Å². The summed E-state index contributed by atoms with van der Waals surface area (Å²) in [5.41, 5.74) is 0.278. The molecule has 0 radical (unpaired) electrons. The third-order valence-corrected chi connectivity index (χ3v) is 0.797. The third-order valence-electron chi connectivity index (χ3n) is 0.797. The first-order chi connectivity index (χ1) is 3.72. The van der Waals surface area contributed by atoms with E-state index in [9.17, 15) is 10.4 Å². The van der Waals surface area contributed by atoms with Gasteiger partial charge in [0, 0.05) is 11.4 Å². The fourth-order valence-corrected chi connectivity index (χ4v) is 0.132. The Balaban J connectivity index is -0.0000000817. The fraction of sp³-hybridized carbons (Fsp3) is 0.500. The van der Waals surface area contributed by atoms with Gasteiger partial charge in [-0.3, -0.25) is 0 Å². The monoisotopic (exact) mass is 178 g/mol. The van der Waals surface area contributed by atoms with E-state index in [1.165, 1.54) is 13.8 Å². The second-order valence-corrected chi connectivity index (χ2v) is 1.35. The first kappa shape index (κ1) is 22.7. The summed E-state index contributed by atoms with van der Waals surface area (Å²) in [6.07, 6.45) is 0. The summed E-state index contributed by atoms with van der Waals surface area (Å²) in [6.45, 7) is 2.87. The topological polar surface area (TPSA) is 102 Å². The Labute approximate surface area is 109 Å². The van der Waals surface area contributed by atoms with Crippen LogP contribution < -0.4 is 59.1 Å². The Bertz CT molecular complexity index is 121. The molecule has 5 nitrogen and oxygen atoms in total. The molecule has 54 valence electrons. The van der Waals surface area contributed by atoms with Crippen molar-refractivity contribution in [2.45, 2.75) is 13.8 Å². The van der Waals surface area contributed by atoms with Gasteiger partial charge in [-0.1, -0.05) is 0 Å². The van der Waals surface area contributed by atoms with Gasteiger partial charge < -0.3 is 26.2 Å². The molecule has 0 fully saturated rings. The van der Waals surface area contributed by atoms with Crippen LogP contribution in [0, 0.1) is 10.4 Å². The zero-order valence-electron chi connectivity index (χ0n) is 7.21. The Kier molecular flexibility index (Phi) is 27.8. The summed E-state index contributed by atoms with van der Waals surface area (Å²) in [4.78, 5) is 0. The largest absolute Gasteiger partial charge is 1.00 e. The van der Waals surface area contributed by atoms with Crippen molar-refractivity contribution in [3.8, 4) is 0 Å². The van der Waals surface area contributed by atoms with Crippen molar-refractivity contribution >= 4 is 11.4 Å². The zero-order valence-corrected chi connectivity index (χ0v) is 11.2. The third kappa shape index (κ3) is 10.9. The second-order valence-electron chi connectivity index (χ2n) is 1.35. The molecule has 7 heteroatoms. The molecule has 0 amide bonds. The Hall–Kier alpha value is 0.900. The van der Waals surface area contributed by atoms with Crippen LogP contribution in [0.15, 0.2) is 10.3 Å². The van der Waals surface area contributed by atoms with Crippen LogP contribution in [0.2, 0.25) is 0 Å².